The van der Waals surface area contributed by atoms with Crippen LogP contribution in [0.1, 0.15) is 54.4 Å². The molecule has 1 aliphatic heterocycles. The van der Waals surface area contributed by atoms with Crippen molar-refractivity contribution < 1.29 is 28.7 Å². The van der Waals surface area contributed by atoms with E-state index in [0.717, 1.165) is 6.42 Å². The van der Waals surface area contributed by atoms with Crippen molar-refractivity contribution in [1.29, 1.82) is 0 Å². The van der Waals surface area contributed by atoms with E-state index in [0.29, 0.717) is 13.2 Å². The van der Waals surface area contributed by atoms with Crippen molar-refractivity contribution in [2.75, 3.05) is 27.3 Å². The number of hydrogen-bond acceptors (Lipinski definition) is 6. The molecule has 184 valence electrons. The molecule has 0 saturated carbocycles. The molecule has 0 aromatic rings. The highest BCUT2D eigenvalue weighted by Crippen LogP contribution is 2.38. The van der Waals surface area contributed by atoms with Gasteiger partial charge in [0, 0.05) is 57.7 Å². The zero-order valence-electron chi connectivity index (χ0n) is 20.6. The van der Waals surface area contributed by atoms with Gasteiger partial charge >= 0.3 is 0 Å². The van der Waals surface area contributed by atoms with E-state index < -0.39 is 6.04 Å². The lowest BCUT2D eigenvalue weighted by atomic mass is 9.72. The molecule has 10 heteroatoms. The molecule has 1 rings (SSSR count). The van der Waals surface area contributed by atoms with Crippen LogP contribution in [0.5, 0.6) is 0 Å². The van der Waals surface area contributed by atoms with Gasteiger partial charge in [0.05, 0.1) is 19.3 Å². The second-order valence-electron chi connectivity index (χ2n) is 8.60. The molecule has 1 aliphatic rings. The van der Waals surface area contributed by atoms with E-state index in [2.05, 4.69) is 21.3 Å². The van der Waals surface area contributed by atoms with Crippen molar-refractivity contribution in [3.8, 4) is 0 Å². The van der Waals surface area contributed by atoms with Gasteiger partial charge in [-0.25, -0.2) is 0 Å². The smallest absolute Gasteiger partial charge is 0.223 e. The zero-order valence-corrected chi connectivity index (χ0v) is 20.6. The fourth-order valence-electron chi connectivity index (χ4n) is 3.52. The van der Waals surface area contributed by atoms with Crippen molar-refractivity contribution in [1.82, 2.24) is 21.3 Å². The Morgan fingerprint density at radius 1 is 0.812 bits per heavy atom. The third-order valence-electron chi connectivity index (χ3n) is 5.63. The zero-order chi connectivity index (χ0) is 25.1. The number of hydrogen-bond donors (Lipinski definition) is 4. The normalized spacial score (nSPS) is 17.6. The quantitative estimate of drug-likeness (QED) is 0.369. The number of ether oxygens (including phenoxy) is 1. The summed E-state index contributed by atoms with van der Waals surface area (Å²) in [6, 6.07) is -0.504. The molecule has 0 spiro atoms. The first-order valence-corrected chi connectivity index (χ1v) is 10.9. The van der Waals surface area contributed by atoms with Gasteiger partial charge in [-0.1, -0.05) is 13.8 Å². The van der Waals surface area contributed by atoms with E-state index in [1.807, 2.05) is 13.8 Å². The first kappa shape index (κ1) is 29.5. The van der Waals surface area contributed by atoms with Crippen molar-refractivity contribution >= 4 is 29.4 Å². The van der Waals surface area contributed by atoms with Gasteiger partial charge in [0.2, 0.25) is 23.6 Å². The molecule has 4 atom stereocenters. The first-order valence-electron chi connectivity index (χ1n) is 10.9. The number of carbonyl (C=O) groups excluding carboxylic acids is 5. The molecule has 32 heavy (non-hydrogen) atoms. The minimum absolute atomic E-state index is 0.0286. The highest BCUT2D eigenvalue weighted by atomic mass is 16.5. The van der Waals surface area contributed by atoms with Crippen LogP contribution in [-0.2, 0) is 28.7 Å². The minimum atomic E-state index is -0.533. The lowest BCUT2D eigenvalue weighted by Gasteiger charge is -2.47. The van der Waals surface area contributed by atoms with E-state index in [1.165, 1.54) is 20.9 Å². The number of nitrogens with one attached hydrogen (secondary N) is 4. The van der Waals surface area contributed by atoms with E-state index in [4.69, 9.17) is 4.74 Å². The molecule has 1 heterocycles. The van der Waals surface area contributed by atoms with Crippen molar-refractivity contribution in [2.45, 2.75) is 66.5 Å². The first-order chi connectivity index (χ1) is 14.8. The molecule has 0 radical (unpaired) electrons. The molecule has 0 aromatic heterocycles. The van der Waals surface area contributed by atoms with Crippen molar-refractivity contribution in [2.24, 2.45) is 17.3 Å². The number of carbonyl (C=O) groups is 5. The summed E-state index contributed by atoms with van der Waals surface area (Å²) in [6.45, 7) is 11.2. The fourth-order valence-corrected chi connectivity index (χ4v) is 3.52. The lowest BCUT2D eigenvalue weighted by Crippen LogP contribution is -2.57. The molecule has 3 unspecified atom stereocenters. The van der Waals surface area contributed by atoms with Gasteiger partial charge < -0.3 is 26.0 Å². The summed E-state index contributed by atoms with van der Waals surface area (Å²) in [5.74, 6) is -0.996. The van der Waals surface area contributed by atoms with Crippen LogP contribution < -0.4 is 21.3 Å². The summed E-state index contributed by atoms with van der Waals surface area (Å²) in [5, 5.41) is 10.5. The monoisotopic (exact) mass is 456 g/mol. The van der Waals surface area contributed by atoms with Gasteiger partial charge in [-0.15, -0.1) is 0 Å². The van der Waals surface area contributed by atoms with Gasteiger partial charge in [0.1, 0.15) is 0 Å². The fraction of sp³-hybridized carbons (Fsp3) is 0.773. The Labute approximate surface area is 191 Å². The van der Waals surface area contributed by atoms with Crippen molar-refractivity contribution in [3.05, 3.63) is 0 Å². The average Bonchev–Trinajstić information content (AvgIpc) is 2.68. The predicted octanol–water partition coefficient (Wildman–Crippen LogP) is 0.152. The molecule has 0 bridgehead atoms. The number of ketones is 1. The molecule has 1 fully saturated rings. The second-order valence-corrected chi connectivity index (χ2v) is 8.60. The molecule has 10 nitrogen and oxygen atoms in total. The third-order valence-corrected chi connectivity index (χ3v) is 5.63. The summed E-state index contributed by atoms with van der Waals surface area (Å²) < 4.78 is 5.27. The largest absolute Gasteiger partial charge is 0.380 e. The van der Waals surface area contributed by atoms with E-state index in [1.54, 1.807) is 20.9 Å². The lowest BCUT2D eigenvalue weighted by molar-refractivity contribution is -0.151. The summed E-state index contributed by atoms with van der Waals surface area (Å²) in [4.78, 5) is 56.0. The van der Waals surface area contributed by atoms with Gasteiger partial charge in [-0.3, -0.25) is 24.0 Å². The molecule has 4 N–H and O–H groups in total. The molecule has 4 amide bonds. The molecular weight excluding hydrogens is 416 g/mol. The molecular formula is C22H40N4O6. The SMILES string of the molecule is CNC(=O)C(C)CC(=O)C(C)NC(C)=O.CNC(=O)[C@H](C)CC1(C(C)NC(C)=O)COC1. The second kappa shape index (κ2) is 13.8. The van der Waals surface area contributed by atoms with Crippen LogP contribution in [0, 0.1) is 17.3 Å². The maximum atomic E-state index is 11.5. The molecule has 0 aromatic carbocycles. The summed E-state index contributed by atoms with van der Waals surface area (Å²) in [5.41, 5.74) is -0.0996. The van der Waals surface area contributed by atoms with Gasteiger partial charge in [-0.05, 0) is 20.3 Å². The number of amides is 4. The predicted molar refractivity (Wildman–Crippen MR) is 121 cm³/mol. The molecule has 0 aliphatic carbocycles. The Hall–Kier alpha value is -2.49. The van der Waals surface area contributed by atoms with E-state index in [-0.39, 0.29) is 59.1 Å². The summed E-state index contributed by atoms with van der Waals surface area (Å²) in [6.07, 6.45) is 0.870. The van der Waals surface area contributed by atoms with Crippen LogP contribution in [0.3, 0.4) is 0 Å². The summed E-state index contributed by atoms with van der Waals surface area (Å²) >= 11 is 0. The van der Waals surface area contributed by atoms with Gasteiger partial charge in [-0.2, -0.15) is 0 Å². The van der Waals surface area contributed by atoms with Gasteiger partial charge in [0.25, 0.3) is 0 Å². The number of Topliss-reactive ketones (excluding diaryl/α,β-unsaturated/α-hetero) is 1. The van der Waals surface area contributed by atoms with Gasteiger partial charge in [0.15, 0.2) is 5.78 Å². The van der Waals surface area contributed by atoms with E-state index >= 15 is 0 Å². The Morgan fingerprint density at radius 2 is 1.28 bits per heavy atom. The Morgan fingerprint density at radius 3 is 1.66 bits per heavy atom. The van der Waals surface area contributed by atoms with Crippen LogP contribution in [0.4, 0.5) is 0 Å². The Kier molecular flexibility index (Phi) is 12.7. The Bertz CT molecular complexity index is 677. The maximum absolute atomic E-state index is 11.5. The number of rotatable bonds is 10. The summed E-state index contributed by atoms with van der Waals surface area (Å²) in [7, 11) is 3.17. The van der Waals surface area contributed by atoms with Crippen LogP contribution in [0.2, 0.25) is 0 Å². The van der Waals surface area contributed by atoms with Crippen LogP contribution in [0.15, 0.2) is 0 Å². The van der Waals surface area contributed by atoms with Crippen molar-refractivity contribution in [3.63, 3.8) is 0 Å². The third kappa shape index (κ3) is 9.76. The maximum Gasteiger partial charge on any atom is 0.223 e. The molecule has 1 saturated heterocycles. The average molecular weight is 457 g/mol. The highest BCUT2D eigenvalue weighted by molar-refractivity contribution is 5.91. The Balaban J connectivity index is 0.000000607. The highest BCUT2D eigenvalue weighted by Gasteiger charge is 2.45. The van der Waals surface area contributed by atoms with E-state index in [9.17, 15) is 24.0 Å². The van der Waals surface area contributed by atoms with Crippen LogP contribution >= 0.6 is 0 Å². The topological polar surface area (TPSA) is 143 Å². The standard InChI is InChI=1S/C12H22N2O3.C10H18N2O3/c1-8(11(16)13-4)5-12(6-17-7-12)9(2)14-10(3)15;1-6(10(15)11-4)5-9(14)7(2)12-8(3)13/h8-9H,5-7H2,1-4H3,(H,13,16)(H,14,15);6-7H,5H2,1-4H3,(H,11,15)(H,12,13)/t8-,9?;/m1./s1. The minimum Gasteiger partial charge on any atom is -0.380 e. The van der Waals surface area contributed by atoms with Crippen LogP contribution in [0.25, 0.3) is 0 Å². The van der Waals surface area contributed by atoms with Crippen LogP contribution in [-0.4, -0.2) is 68.8 Å².